The van der Waals surface area contributed by atoms with E-state index in [-0.39, 0.29) is 12.5 Å². The number of amides is 1. The van der Waals surface area contributed by atoms with Crippen LogP contribution in [0.25, 0.3) is 0 Å². The molecule has 6 nitrogen and oxygen atoms in total. The summed E-state index contributed by atoms with van der Waals surface area (Å²) in [7, 11) is 3.53. The van der Waals surface area contributed by atoms with Crippen molar-refractivity contribution >= 4 is 23.2 Å². The fourth-order valence-electron chi connectivity index (χ4n) is 2.79. The first-order valence-corrected chi connectivity index (χ1v) is 9.82. The molecule has 0 aliphatic carbocycles. The Morgan fingerprint density at radius 2 is 2.04 bits per heavy atom. The van der Waals surface area contributed by atoms with Gasteiger partial charge < -0.3 is 15.1 Å². The Morgan fingerprint density at radius 1 is 1.32 bits per heavy atom. The Kier molecular flexibility index (Phi) is 7.71. The van der Waals surface area contributed by atoms with Gasteiger partial charge in [0.05, 0.1) is 6.54 Å². The van der Waals surface area contributed by atoms with E-state index in [2.05, 4.69) is 51.5 Å². The number of piperazine rings is 1. The number of nitrogens with zero attached hydrogens (tertiary/aromatic N) is 4. The topological polar surface area (TPSA) is 51.2 Å². The van der Waals surface area contributed by atoms with Crippen molar-refractivity contribution in [2.24, 2.45) is 10.9 Å². The number of likely N-dealkylation sites (N-methyl/N-ethyl adjacent to an activating group) is 1. The summed E-state index contributed by atoms with van der Waals surface area (Å²) in [5.41, 5.74) is 0. The molecule has 1 aromatic heterocycles. The molecule has 25 heavy (non-hydrogen) atoms. The third kappa shape index (κ3) is 6.66. The van der Waals surface area contributed by atoms with Gasteiger partial charge in [0.25, 0.3) is 0 Å². The zero-order valence-corrected chi connectivity index (χ0v) is 16.7. The minimum absolute atomic E-state index is 0.0221. The zero-order valence-electron chi connectivity index (χ0n) is 15.9. The lowest BCUT2D eigenvalue weighted by Gasteiger charge is -2.37. The molecule has 1 aliphatic rings. The van der Waals surface area contributed by atoms with E-state index in [1.54, 1.807) is 30.3 Å². The Hall–Kier alpha value is -1.60. The van der Waals surface area contributed by atoms with Crippen LogP contribution < -0.4 is 5.32 Å². The number of hydrogen-bond donors (Lipinski definition) is 1. The SMILES string of the molecule is CC(C)CN1CCN(C(=NCC(=O)N(C)C)NCc2cccs2)CC1. The van der Waals surface area contributed by atoms with Gasteiger partial charge in [-0.25, -0.2) is 4.99 Å². The number of carbonyl (C=O) groups is 1. The second-order valence-corrected chi connectivity index (χ2v) is 8.07. The van der Waals surface area contributed by atoms with Crippen LogP contribution >= 0.6 is 11.3 Å². The van der Waals surface area contributed by atoms with Crippen molar-refractivity contribution in [1.82, 2.24) is 20.0 Å². The molecule has 1 N–H and O–H groups in total. The van der Waals surface area contributed by atoms with Gasteiger partial charge in [-0.05, 0) is 17.4 Å². The van der Waals surface area contributed by atoms with Crippen LogP contribution in [-0.4, -0.2) is 79.9 Å². The van der Waals surface area contributed by atoms with Crippen molar-refractivity contribution in [2.45, 2.75) is 20.4 Å². The highest BCUT2D eigenvalue weighted by atomic mass is 32.1. The monoisotopic (exact) mass is 365 g/mol. The maximum atomic E-state index is 11.9. The lowest BCUT2D eigenvalue weighted by Crippen LogP contribution is -2.53. The predicted octanol–water partition coefficient (Wildman–Crippen LogP) is 1.56. The fourth-order valence-corrected chi connectivity index (χ4v) is 3.43. The van der Waals surface area contributed by atoms with Crippen LogP contribution in [0.4, 0.5) is 0 Å². The first-order valence-electron chi connectivity index (χ1n) is 8.94. The van der Waals surface area contributed by atoms with Crippen molar-refractivity contribution in [2.75, 3.05) is 53.4 Å². The number of nitrogens with one attached hydrogen (secondary N) is 1. The number of aliphatic imine (C=N–C) groups is 1. The number of hydrogen-bond acceptors (Lipinski definition) is 4. The summed E-state index contributed by atoms with van der Waals surface area (Å²) in [6, 6.07) is 4.17. The van der Waals surface area contributed by atoms with Gasteiger partial charge in [0.2, 0.25) is 5.91 Å². The first-order chi connectivity index (χ1) is 12.0. The average molecular weight is 366 g/mol. The molecule has 0 spiro atoms. The van der Waals surface area contributed by atoms with Crippen molar-refractivity contribution in [3.8, 4) is 0 Å². The summed E-state index contributed by atoms with van der Waals surface area (Å²) in [5.74, 6) is 1.55. The van der Waals surface area contributed by atoms with Gasteiger partial charge in [0, 0.05) is 51.7 Å². The number of guanidine groups is 1. The van der Waals surface area contributed by atoms with E-state index in [9.17, 15) is 4.79 Å². The summed E-state index contributed by atoms with van der Waals surface area (Å²) in [4.78, 5) is 24.1. The third-order valence-corrected chi connectivity index (χ3v) is 5.04. The van der Waals surface area contributed by atoms with E-state index in [0.717, 1.165) is 45.2 Å². The first kappa shape index (κ1) is 19.7. The van der Waals surface area contributed by atoms with Gasteiger partial charge in [-0.2, -0.15) is 0 Å². The highest BCUT2D eigenvalue weighted by Crippen LogP contribution is 2.09. The molecule has 2 heterocycles. The number of thiophene rings is 1. The van der Waals surface area contributed by atoms with Crippen molar-refractivity contribution in [1.29, 1.82) is 0 Å². The van der Waals surface area contributed by atoms with Crippen molar-refractivity contribution in [3.63, 3.8) is 0 Å². The Balaban J connectivity index is 1.96. The van der Waals surface area contributed by atoms with Gasteiger partial charge in [0.15, 0.2) is 5.96 Å². The maximum absolute atomic E-state index is 11.9. The smallest absolute Gasteiger partial charge is 0.243 e. The normalized spacial score (nSPS) is 16.4. The van der Waals surface area contributed by atoms with E-state index in [1.165, 1.54) is 4.88 Å². The van der Waals surface area contributed by atoms with E-state index in [4.69, 9.17) is 0 Å². The van der Waals surface area contributed by atoms with Crippen molar-refractivity contribution < 1.29 is 4.79 Å². The molecule has 0 atom stereocenters. The van der Waals surface area contributed by atoms with Gasteiger partial charge in [0.1, 0.15) is 6.54 Å². The highest BCUT2D eigenvalue weighted by Gasteiger charge is 2.20. The molecule has 0 radical (unpaired) electrons. The van der Waals surface area contributed by atoms with Gasteiger partial charge >= 0.3 is 0 Å². The Morgan fingerprint density at radius 3 is 2.60 bits per heavy atom. The molecule has 2 rings (SSSR count). The van der Waals surface area contributed by atoms with Gasteiger partial charge in [-0.1, -0.05) is 19.9 Å². The van der Waals surface area contributed by atoms with Gasteiger partial charge in [-0.15, -0.1) is 11.3 Å². The molecule has 1 aromatic rings. The standard InChI is InChI=1S/C18H31N5OS/c1-15(2)14-22-7-9-23(10-8-22)18(20-13-17(24)21(3)4)19-12-16-6-5-11-25-16/h5-6,11,15H,7-10,12-14H2,1-4H3,(H,19,20). The largest absolute Gasteiger partial charge is 0.351 e. The molecular weight excluding hydrogens is 334 g/mol. The molecule has 1 amide bonds. The van der Waals surface area contributed by atoms with Crippen LogP contribution in [0.2, 0.25) is 0 Å². The van der Waals surface area contributed by atoms with Crippen LogP contribution in [0.3, 0.4) is 0 Å². The number of carbonyl (C=O) groups excluding carboxylic acids is 1. The third-order valence-electron chi connectivity index (χ3n) is 4.16. The highest BCUT2D eigenvalue weighted by molar-refractivity contribution is 7.09. The number of rotatable bonds is 6. The second kappa shape index (κ2) is 9.77. The summed E-state index contributed by atoms with van der Waals surface area (Å²) in [5, 5.41) is 5.52. The fraction of sp³-hybridized carbons (Fsp3) is 0.667. The van der Waals surface area contributed by atoms with Crippen LogP contribution in [0.15, 0.2) is 22.5 Å². The summed E-state index contributed by atoms with van der Waals surface area (Å²) in [6.07, 6.45) is 0. The summed E-state index contributed by atoms with van der Waals surface area (Å²) >= 11 is 1.73. The van der Waals surface area contributed by atoms with Crippen LogP contribution in [0, 0.1) is 5.92 Å². The summed E-state index contributed by atoms with van der Waals surface area (Å²) < 4.78 is 0. The Bertz CT molecular complexity index is 548. The maximum Gasteiger partial charge on any atom is 0.243 e. The zero-order chi connectivity index (χ0) is 18.2. The second-order valence-electron chi connectivity index (χ2n) is 7.04. The lowest BCUT2D eigenvalue weighted by atomic mass is 10.2. The van der Waals surface area contributed by atoms with Crippen molar-refractivity contribution in [3.05, 3.63) is 22.4 Å². The lowest BCUT2D eigenvalue weighted by molar-refractivity contribution is -0.127. The predicted molar refractivity (Wildman–Crippen MR) is 105 cm³/mol. The quantitative estimate of drug-likeness (QED) is 0.614. The molecule has 7 heteroatoms. The van der Waals surface area contributed by atoms with Crippen LogP contribution in [0.1, 0.15) is 18.7 Å². The molecule has 140 valence electrons. The Labute approximate surface area is 155 Å². The van der Waals surface area contributed by atoms with E-state index in [0.29, 0.717) is 5.92 Å². The molecule has 0 saturated carbocycles. The van der Waals surface area contributed by atoms with Gasteiger partial charge in [-0.3, -0.25) is 9.69 Å². The minimum atomic E-state index is 0.0221. The molecule has 1 fully saturated rings. The molecule has 0 unspecified atom stereocenters. The minimum Gasteiger partial charge on any atom is -0.351 e. The van der Waals surface area contributed by atoms with E-state index < -0.39 is 0 Å². The van der Waals surface area contributed by atoms with E-state index >= 15 is 0 Å². The molecule has 0 bridgehead atoms. The van der Waals surface area contributed by atoms with Crippen LogP contribution in [-0.2, 0) is 11.3 Å². The molecular formula is C18H31N5OS. The molecule has 1 aliphatic heterocycles. The van der Waals surface area contributed by atoms with Crippen LogP contribution in [0.5, 0.6) is 0 Å². The molecule has 0 aromatic carbocycles. The van der Waals surface area contributed by atoms with E-state index in [1.807, 2.05) is 0 Å². The average Bonchev–Trinajstić information content (AvgIpc) is 3.08. The molecule has 1 saturated heterocycles. The summed E-state index contributed by atoms with van der Waals surface area (Å²) in [6.45, 7) is 10.6.